The molecule has 0 radical (unpaired) electrons. The summed E-state index contributed by atoms with van der Waals surface area (Å²) < 4.78 is 0. The Hall–Kier alpha value is 0.720. The molecule has 1 heterocycles. The second-order valence-corrected chi connectivity index (χ2v) is 1.36. The van der Waals surface area contributed by atoms with Crippen molar-refractivity contribution in [3.8, 4) is 0 Å². The van der Waals surface area contributed by atoms with Crippen molar-refractivity contribution in [2.24, 2.45) is 0 Å². The summed E-state index contributed by atoms with van der Waals surface area (Å²) in [5.41, 5.74) is 0. The first kappa shape index (κ1) is 12.4. The molecule has 0 spiro atoms. The molecule has 1 aromatic heterocycles. The van der Waals surface area contributed by atoms with Crippen LogP contribution in [0.5, 0.6) is 0 Å². The van der Waals surface area contributed by atoms with Gasteiger partial charge in [-0.15, -0.1) is 6.20 Å². The summed E-state index contributed by atoms with van der Waals surface area (Å²) in [6.07, 6.45) is 5.34. The number of thiol groups is 1. The van der Waals surface area contributed by atoms with Gasteiger partial charge in [0.15, 0.2) is 0 Å². The van der Waals surface area contributed by atoms with Gasteiger partial charge in [0.2, 0.25) is 0 Å². The van der Waals surface area contributed by atoms with Crippen LogP contribution in [0, 0.1) is 6.20 Å². The smallest absolute Gasteiger partial charge is 0.813 e. The van der Waals surface area contributed by atoms with E-state index in [0.29, 0.717) is 5.15 Å². The molecule has 0 aromatic carbocycles. The molecular formula is C4H3ClN2NaS-. The van der Waals surface area contributed by atoms with Crippen molar-refractivity contribution in [1.82, 2.24) is 9.97 Å². The van der Waals surface area contributed by atoms with E-state index in [9.17, 15) is 0 Å². The largest absolute Gasteiger partial charge is 1.00 e. The summed E-state index contributed by atoms with van der Waals surface area (Å²) >= 11 is 5.35. The first-order valence-electron chi connectivity index (χ1n) is 1.73. The Morgan fingerprint density at radius 3 is 2.44 bits per heavy atom. The van der Waals surface area contributed by atoms with Crippen LogP contribution in [0.4, 0.5) is 0 Å². The van der Waals surface area contributed by atoms with Crippen LogP contribution >= 0.6 is 11.6 Å². The average molecular weight is 170 g/mol. The minimum absolute atomic E-state index is 0. The number of aromatic nitrogens is 2. The minimum atomic E-state index is 0. The van der Waals surface area contributed by atoms with Crippen LogP contribution in [0.25, 0.3) is 0 Å². The van der Waals surface area contributed by atoms with Gasteiger partial charge in [-0.1, -0.05) is 17.8 Å². The standard InChI is InChI=1S/C4H2ClN2.Na.H2S/c5-4-3-6-1-2-7-4;;/h2-3H;;1H2/q-1;+1;/p-1. The van der Waals surface area contributed by atoms with Gasteiger partial charge >= 0.3 is 29.6 Å². The second kappa shape index (κ2) is 6.83. The molecule has 5 heteroatoms. The average Bonchev–Trinajstić information content (AvgIpc) is 1.69. The van der Waals surface area contributed by atoms with Crippen molar-refractivity contribution in [2.75, 3.05) is 0 Å². The fraction of sp³-hybridized carbons (Fsp3) is 0. The maximum absolute atomic E-state index is 5.35. The number of rotatable bonds is 0. The van der Waals surface area contributed by atoms with Gasteiger partial charge < -0.3 is 18.5 Å². The molecule has 0 bridgehead atoms. The maximum atomic E-state index is 5.35. The maximum Gasteiger partial charge on any atom is 1.00 e. The molecule has 0 amide bonds. The molecule has 0 aliphatic rings. The molecule has 0 aliphatic carbocycles. The number of hydrogen-bond acceptors (Lipinski definition) is 3. The molecule has 0 unspecified atom stereocenters. The Kier molecular flexibility index (Phi) is 9.42. The third-order valence-corrected chi connectivity index (χ3v) is 0.686. The summed E-state index contributed by atoms with van der Waals surface area (Å²) in [7, 11) is 0. The van der Waals surface area contributed by atoms with E-state index in [2.05, 4.69) is 16.2 Å². The number of hydrogen-bond donors (Lipinski definition) is 0. The Bertz CT molecular complexity index is 148. The molecule has 44 valence electrons. The van der Waals surface area contributed by atoms with Gasteiger partial charge in [-0.3, -0.25) is 4.98 Å². The Morgan fingerprint density at radius 2 is 2.22 bits per heavy atom. The Morgan fingerprint density at radius 1 is 1.56 bits per heavy atom. The van der Waals surface area contributed by atoms with Crippen molar-refractivity contribution < 1.29 is 29.6 Å². The third kappa shape index (κ3) is 5.18. The summed E-state index contributed by atoms with van der Waals surface area (Å²) in [5.74, 6) is 0. The molecule has 0 saturated heterocycles. The van der Waals surface area contributed by atoms with Gasteiger partial charge in [0.1, 0.15) is 0 Å². The van der Waals surface area contributed by atoms with Crippen molar-refractivity contribution in [3.05, 3.63) is 23.7 Å². The van der Waals surface area contributed by atoms with E-state index in [1.54, 1.807) is 0 Å². The van der Waals surface area contributed by atoms with Crippen molar-refractivity contribution in [3.63, 3.8) is 0 Å². The Labute approximate surface area is 87.8 Å². The molecule has 0 N–H and O–H groups in total. The SMILES string of the molecule is Clc1cn[c-]cn1.[Na+].[SH-]. The molecular weight excluding hydrogens is 167 g/mol. The molecule has 0 atom stereocenters. The molecule has 0 aliphatic heterocycles. The summed E-state index contributed by atoms with van der Waals surface area (Å²) in [4.78, 5) is 7.19. The van der Waals surface area contributed by atoms with Gasteiger partial charge in [-0.05, 0) is 6.20 Å². The zero-order valence-corrected chi connectivity index (χ0v) is 8.52. The second-order valence-electron chi connectivity index (χ2n) is 0.968. The van der Waals surface area contributed by atoms with Gasteiger partial charge in [0.05, 0.1) is 5.15 Å². The molecule has 9 heavy (non-hydrogen) atoms. The number of nitrogens with zero attached hydrogens (tertiary/aromatic N) is 2. The first-order valence-corrected chi connectivity index (χ1v) is 2.11. The van der Waals surface area contributed by atoms with Crippen LogP contribution < -0.4 is 29.6 Å². The fourth-order valence-electron chi connectivity index (χ4n) is 0.248. The van der Waals surface area contributed by atoms with Crippen LogP contribution in [-0.4, -0.2) is 9.97 Å². The Balaban J connectivity index is 0. The van der Waals surface area contributed by atoms with Crippen LogP contribution in [0.15, 0.2) is 12.4 Å². The zero-order chi connectivity index (χ0) is 5.11. The van der Waals surface area contributed by atoms with Gasteiger partial charge in [-0.2, -0.15) is 0 Å². The molecule has 0 fully saturated rings. The summed E-state index contributed by atoms with van der Waals surface area (Å²) in [5, 5.41) is 0.402. The summed E-state index contributed by atoms with van der Waals surface area (Å²) in [6, 6.07) is 0. The molecule has 1 rings (SSSR count). The predicted octanol–water partition coefficient (Wildman–Crippen LogP) is -2.34. The van der Waals surface area contributed by atoms with E-state index in [-0.39, 0.29) is 43.1 Å². The third-order valence-electron chi connectivity index (χ3n) is 0.491. The van der Waals surface area contributed by atoms with Gasteiger partial charge in [-0.25, -0.2) is 0 Å². The van der Waals surface area contributed by atoms with Crippen LogP contribution in [0.2, 0.25) is 5.15 Å². The van der Waals surface area contributed by atoms with Gasteiger partial charge in [0, 0.05) is 0 Å². The first-order chi connectivity index (χ1) is 3.39. The van der Waals surface area contributed by atoms with Crippen molar-refractivity contribution in [1.29, 1.82) is 0 Å². The van der Waals surface area contributed by atoms with Crippen molar-refractivity contribution in [2.45, 2.75) is 0 Å². The van der Waals surface area contributed by atoms with E-state index >= 15 is 0 Å². The predicted molar refractivity (Wildman–Crippen MR) is 34.6 cm³/mol. The van der Waals surface area contributed by atoms with Crippen LogP contribution in [0.3, 0.4) is 0 Å². The van der Waals surface area contributed by atoms with E-state index in [1.807, 2.05) is 0 Å². The normalized spacial score (nSPS) is 6.78. The quantitative estimate of drug-likeness (QED) is 0.189. The fourth-order valence-corrected chi connectivity index (χ4v) is 0.345. The monoisotopic (exact) mass is 169 g/mol. The zero-order valence-electron chi connectivity index (χ0n) is 4.87. The molecule has 2 nitrogen and oxygen atoms in total. The van der Waals surface area contributed by atoms with E-state index < -0.39 is 0 Å². The topological polar surface area (TPSA) is 25.8 Å². The van der Waals surface area contributed by atoms with E-state index in [4.69, 9.17) is 11.6 Å². The van der Waals surface area contributed by atoms with E-state index in [1.165, 1.54) is 12.4 Å². The minimum Gasteiger partial charge on any atom is -0.813 e. The van der Waals surface area contributed by atoms with Crippen LogP contribution in [0.1, 0.15) is 0 Å². The van der Waals surface area contributed by atoms with Gasteiger partial charge in [0.25, 0.3) is 0 Å². The van der Waals surface area contributed by atoms with Crippen LogP contribution in [-0.2, 0) is 13.5 Å². The number of halogens is 1. The summed E-state index contributed by atoms with van der Waals surface area (Å²) in [6.45, 7) is 0. The molecule has 0 saturated carbocycles. The van der Waals surface area contributed by atoms with E-state index in [0.717, 1.165) is 0 Å². The molecule has 1 aromatic rings. The van der Waals surface area contributed by atoms with Crippen molar-refractivity contribution >= 4 is 25.1 Å².